The number of pyridine rings is 1. The van der Waals surface area contributed by atoms with Crippen LogP contribution in [-0.4, -0.2) is 4.98 Å². The highest BCUT2D eigenvalue weighted by atomic mass is 35.5. The summed E-state index contributed by atoms with van der Waals surface area (Å²) in [7, 11) is 0. The quantitative estimate of drug-likeness (QED) is 0.645. The maximum atomic E-state index is 5.98. The van der Waals surface area contributed by atoms with E-state index in [4.69, 9.17) is 11.6 Å². The minimum absolute atomic E-state index is 0.732. The lowest BCUT2D eigenvalue weighted by Gasteiger charge is -2.25. The standard InChI is InChI=1S/C10H12ClN.2C2H6/c1-7-10(11)5-9(6-12-7)8-3-2-4-8;2*1-2/h5-6,8H,2-4H2,1H3;2*1-2H3. The van der Waals surface area contributed by atoms with Crippen LogP contribution >= 0.6 is 11.6 Å². The third-order valence-electron chi connectivity index (χ3n) is 2.62. The summed E-state index contributed by atoms with van der Waals surface area (Å²) in [6, 6.07) is 2.06. The van der Waals surface area contributed by atoms with Crippen molar-refractivity contribution in [3.8, 4) is 0 Å². The first-order chi connectivity index (χ1) is 7.77. The SMILES string of the molecule is CC.CC.Cc1ncc(C2CCC2)cc1Cl. The van der Waals surface area contributed by atoms with Gasteiger partial charge in [0.2, 0.25) is 0 Å². The molecule has 2 heteroatoms. The van der Waals surface area contributed by atoms with Crippen molar-refractivity contribution >= 4 is 11.6 Å². The molecule has 1 nitrogen and oxygen atoms in total. The predicted octanol–water partition coefficient (Wildman–Crippen LogP) is 5.36. The normalized spacial score (nSPS) is 13.9. The van der Waals surface area contributed by atoms with E-state index in [1.54, 1.807) is 0 Å². The van der Waals surface area contributed by atoms with E-state index in [0.29, 0.717) is 0 Å². The second-order valence-corrected chi connectivity index (χ2v) is 3.87. The largest absolute Gasteiger partial charge is 0.260 e. The molecule has 0 N–H and O–H groups in total. The number of aromatic nitrogens is 1. The van der Waals surface area contributed by atoms with E-state index in [9.17, 15) is 0 Å². The first-order valence-electron chi connectivity index (χ1n) is 6.39. The Labute approximate surface area is 105 Å². The molecule has 0 spiro atoms. The molecule has 0 aromatic carbocycles. The average molecular weight is 242 g/mol. The second kappa shape index (κ2) is 8.58. The lowest BCUT2D eigenvalue weighted by molar-refractivity contribution is 0.419. The number of halogens is 1. The van der Waals surface area contributed by atoms with E-state index in [1.807, 2.05) is 40.8 Å². The molecule has 1 saturated carbocycles. The van der Waals surface area contributed by atoms with Gasteiger partial charge in [0, 0.05) is 6.20 Å². The molecule has 0 radical (unpaired) electrons. The number of hydrogen-bond acceptors (Lipinski definition) is 1. The monoisotopic (exact) mass is 241 g/mol. The van der Waals surface area contributed by atoms with E-state index < -0.39 is 0 Å². The Balaban J connectivity index is 0.000000509. The van der Waals surface area contributed by atoms with Crippen LogP contribution in [0, 0.1) is 6.92 Å². The van der Waals surface area contributed by atoms with Crippen LogP contribution in [0.25, 0.3) is 0 Å². The summed E-state index contributed by atoms with van der Waals surface area (Å²) in [5.41, 5.74) is 2.25. The Hall–Kier alpha value is -0.560. The van der Waals surface area contributed by atoms with Gasteiger partial charge in [0.25, 0.3) is 0 Å². The summed E-state index contributed by atoms with van der Waals surface area (Å²) >= 11 is 5.98. The highest BCUT2D eigenvalue weighted by Gasteiger charge is 2.19. The fraction of sp³-hybridized carbons (Fsp3) is 0.643. The molecule has 0 bridgehead atoms. The maximum Gasteiger partial charge on any atom is 0.0621 e. The number of aryl methyl sites for hydroxylation is 1. The van der Waals surface area contributed by atoms with E-state index in [-0.39, 0.29) is 0 Å². The van der Waals surface area contributed by atoms with Gasteiger partial charge in [0.15, 0.2) is 0 Å². The van der Waals surface area contributed by atoms with Crippen molar-refractivity contribution < 1.29 is 0 Å². The summed E-state index contributed by atoms with van der Waals surface area (Å²) in [6.45, 7) is 9.94. The van der Waals surface area contributed by atoms with Crippen molar-refractivity contribution in [2.75, 3.05) is 0 Å². The van der Waals surface area contributed by atoms with Crippen molar-refractivity contribution in [2.24, 2.45) is 0 Å². The molecule has 1 heterocycles. The number of rotatable bonds is 1. The molecule has 16 heavy (non-hydrogen) atoms. The molecule has 1 aromatic rings. The van der Waals surface area contributed by atoms with Crippen LogP contribution in [0.4, 0.5) is 0 Å². The summed E-state index contributed by atoms with van der Waals surface area (Å²) < 4.78 is 0. The molecule has 1 aliphatic rings. The Morgan fingerprint density at radius 3 is 2.12 bits per heavy atom. The van der Waals surface area contributed by atoms with E-state index in [0.717, 1.165) is 16.6 Å². The van der Waals surface area contributed by atoms with Crippen LogP contribution in [0.15, 0.2) is 12.3 Å². The van der Waals surface area contributed by atoms with Gasteiger partial charge in [-0.3, -0.25) is 4.98 Å². The Morgan fingerprint density at radius 2 is 1.75 bits per heavy atom. The molecule has 1 aromatic heterocycles. The first kappa shape index (κ1) is 15.4. The smallest absolute Gasteiger partial charge is 0.0621 e. The zero-order valence-electron chi connectivity index (χ0n) is 11.2. The van der Waals surface area contributed by atoms with Gasteiger partial charge in [-0.15, -0.1) is 0 Å². The fourth-order valence-electron chi connectivity index (χ4n) is 1.49. The van der Waals surface area contributed by atoms with Crippen molar-refractivity contribution in [2.45, 2.75) is 59.8 Å². The van der Waals surface area contributed by atoms with Crippen LogP contribution in [0.3, 0.4) is 0 Å². The minimum atomic E-state index is 0.732. The summed E-state index contributed by atoms with van der Waals surface area (Å²) in [5.74, 6) is 0.732. The molecule has 1 fully saturated rings. The number of hydrogen-bond donors (Lipinski definition) is 0. The van der Waals surface area contributed by atoms with Gasteiger partial charge in [-0.05, 0) is 37.3 Å². The zero-order valence-corrected chi connectivity index (χ0v) is 11.9. The topological polar surface area (TPSA) is 12.9 Å². The van der Waals surface area contributed by atoms with E-state index in [2.05, 4.69) is 11.1 Å². The van der Waals surface area contributed by atoms with Gasteiger partial charge in [-0.1, -0.05) is 45.7 Å². The molecular weight excluding hydrogens is 218 g/mol. The third kappa shape index (κ3) is 4.13. The molecule has 92 valence electrons. The molecule has 1 aliphatic carbocycles. The van der Waals surface area contributed by atoms with Crippen molar-refractivity contribution in [3.63, 3.8) is 0 Å². The zero-order chi connectivity index (χ0) is 12.6. The van der Waals surface area contributed by atoms with Gasteiger partial charge in [0.05, 0.1) is 10.7 Å². The van der Waals surface area contributed by atoms with Crippen LogP contribution in [0.2, 0.25) is 5.02 Å². The Morgan fingerprint density at radius 1 is 1.19 bits per heavy atom. The average Bonchev–Trinajstić information content (AvgIpc) is 2.27. The summed E-state index contributed by atoms with van der Waals surface area (Å²) in [6.07, 6.45) is 5.93. The third-order valence-corrected chi connectivity index (χ3v) is 3.01. The van der Waals surface area contributed by atoms with Gasteiger partial charge >= 0.3 is 0 Å². The van der Waals surface area contributed by atoms with E-state index >= 15 is 0 Å². The highest BCUT2D eigenvalue weighted by Crippen LogP contribution is 2.36. The molecule has 0 amide bonds. The number of nitrogens with zero attached hydrogens (tertiary/aromatic N) is 1. The Bertz CT molecular complexity index is 293. The lowest BCUT2D eigenvalue weighted by atomic mass is 9.81. The van der Waals surface area contributed by atoms with Gasteiger partial charge < -0.3 is 0 Å². The lowest BCUT2D eigenvalue weighted by Crippen LogP contribution is -2.09. The fourth-order valence-corrected chi connectivity index (χ4v) is 1.66. The Kier molecular flexibility index (Phi) is 8.28. The summed E-state index contributed by atoms with van der Waals surface area (Å²) in [5, 5.41) is 0.805. The summed E-state index contributed by atoms with van der Waals surface area (Å²) in [4.78, 5) is 4.25. The molecule has 0 aliphatic heterocycles. The predicted molar refractivity (Wildman–Crippen MR) is 73.3 cm³/mol. The van der Waals surface area contributed by atoms with Crippen LogP contribution in [-0.2, 0) is 0 Å². The minimum Gasteiger partial charge on any atom is -0.260 e. The van der Waals surface area contributed by atoms with Crippen LogP contribution in [0.5, 0.6) is 0 Å². The molecule has 0 saturated heterocycles. The molecule has 0 atom stereocenters. The second-order valence-electron chi connectivity index (χ2n) is 3.46. The highest BCUT2D eigenvalue weighted by molar-refractivity contribution is 6.31. The molecule has 0 unspecified atom stereocenters. The van der Waals surface area contributed by atoms with Crippen LogP contribution < -0.4 is 0 Å². The van der Waals surface area contributed by atoms with Crippen LogP contribution in [0.1, 0.15) is 64.1 Å². The van der Waals surface area contributed by atoms with Gasteiger partial charge in [-0.2, -0.15) is 0 Å². The van der Waals surface area contributed by atoms with E-state index in [1.165, 1.54) is 24.8 Å². The molecule has 2 rings (SSSR count). The molecular formula is C14H24ClN. The van der Waals surface area contributed by atoms with Gasteiger partial charge in [-0.25, -0.2) is 0 Å². The maximum absolute atomic E-state index is 5.98. The first-order valence-corrected chi connectivity index (χ1v) is 6.77. The van der Waals surface area contributed by atoms with Crippen molar-refractivity contribution in [3.05, 3.63) is 28.5 Å². The van der Waals surface area contributed by atoms with Crippen molar-refractivity contribution in [1.29, 1.82) is 0 Å². The van der Waals surface area contributed by atoms with Crippen molar-refractivity contribution in [1.82, 2.24) is 4.98 Å². The van der Waals surface area contributed by atoms with Gasteiger partial charge in [0.1, 0.15) is 0 Å².